The van der Waals surface area contributed by atoms with Crippen molar-refractivity contribution < 1.29 is 4.74 Å². The molecule has 2 aromatic rings. The largest absolute Gasteiger partial charge is 0.379 e. The van der Waals surface area contributed by atoms with Gasteiger partial charge < -0.3 is 10.1 Å². The summed E-state index contributed by atoms with van der Waals surface area (Å²) in [5, 5.41) is 4.58. The van der Waals surface area contributed by atoms with E-state index in [2.05, 4.69) is 22.3 Å². The Morgan fingerprint density at radius 1 is 1.18 bits per heavy atom. The molecule has 0 unspecified atom stereocenters. The van der Waals surface area contributed by atoms with Gasteiger partial charge in [-0.15, -0.1) is 0 Å². The predicted molar refractivity (Wildman–Crippen MR) is 92.0 cm³/mol. The van der Waals surface area contributed by atoms with Crippen LogP contribution < -0.4 is 5.32 Å². The molecule has 0 saturated carbocycles. The fraction of sp³-hybridized carbons (Fsp3) is 0.588. The molecule has 5 heteroatoms. The van der Waals surface area contributed by atoms with Crippen LogP contribution in [-0.4, -0.2) is 49.3 Å². The normalized spacial score (nSPS) is 19.3. The summed E-state index contributed by atoms with van der Waals surface area (Å²) in [5.41, 5.74) is 4.27. The number of benzene rings is 1. The van der Waals surface area contributed by atoms with Crippen LogP contribution in [0.2, 0.25) is 0 Å². The van der Waals surface area contributed by atoms with E-state index >= 15 is 0 Å². The van der Waals surface area contributed by atoms with E-state index in [1.54, 1.807) is 11.3 Å². The Morgan fingerprint density at radius 2 is 2.05 bits per heavy atom. The molecule has 1 saturated heterocycles. The number of aryl methyl sites for hydroxylation is 2. The second kappa shape index (κ2) is 6.52. The van der Waals surface area contributed by atoms with Crippen molar-refractivity contribution in [3.05, 3.63) is 23.3 Å². The highest BCUT2D eigenvalue weighted by molar-refractivity contribution is 7.22. The SMILES string of the molecule is c1cc2sc(NCCN3CCOCC3)nc2c2c1CCCC2. The first-order chi connectivity index (χ1) is 10.9. The maximum Gasteiger partial charge on any atom is 0.183 e. The predicted octanol–water partition coefficient (Wildman–Crippen LogP) is 2.92. The van der Waals surface area contributed by atoms with Gasteiger partial charge >= 0.3 is 0 Å². The number of morpholine rings is 1. The van der Waals surface area contributed by atoms with Gasteiger partial charge in [0.25, 0.3) is 0 Å². The van der Waals surface area contributed by atoms with Crippen molar-refractivity contribution in [2.75, 3.05) is 44.7 Å². The Hall–Kier alpha value is -1.17. The molecule has 1 aliphatic heterocycles. The molecular weight excluding hydrogens is 294 g/mol. The van der Waals surface area contributed by atoms with Gasteiger partial charge in [0.05, 0.1) is 23.4 Å². The van der Waals surface area contributed by atoms with Crippen LogP contribution in [0.5, 0.6) is 0 Å². The average Bonchev–Trinajstić information content (AvgIpc) is 2.99. The summed E-state index contributed by atoms with van der Waals surface area (Å²) >= 11 is 1.79. The number of hydrogen-bond donors (Lipinski definition) is 1. The number of aromatic nitrogens is 1. The molecule has 4 rings (SSSR count). The number of fused-ring (bicyclic) bond motifs is 3. The first-order valence-corrected chi connectivity index (χ1v) is 9.17. The third kappa shape index (κ3) is 2.98. The van der Waals surface area contributed by atoms with Crippen molar-refractivity contribution >= 4 is 26.7 Å². The fourth-order valence-electron chi connectivity index (χ4n) is 3.44. The molecule has 0 spiro atoms. The molecule has 0 atom stereocenters. The monoisotopic (exact) mass is 317 g/mol. The first-order valence-electron chi connectivity index (χ1n) is 8.35. The Labute approximate surface area is 135 Å². The Bertz CT molecular complexity index is 649. The van der Waals surface area contributed by atoms with Gasteiger partial charge in [-0.1, -0.05) is 17.4 Å². The van der Waals surface area contributed by atoms with E-state index in [4.69, 9.17) is 9.72 Å². The zero-order valence-electron chi connectivity index (χ0n) is 12.9. The lowest BCUT2D eigenvalue weighted by Gasteiger charge is -2.26. The standard InChI is InChI=1S/C17H23N3OS/c1-2-4-14-13(3-1)5-6-15-16(14)19-17(22-15)18-7-8-20-9-11-21-12-10-20/h5-6H,1-4,7-12H2,(H,18,19). The smallest absolute Gasteiger partial charge is 0.183 e. The second-order valence-electron chi connectivity index (χ2n) is 6.16. The third-order valence-corrected chi connectivity index (χ3v) is 5.67. The molecule has 22 heavy (non-hydrogen) atoms. The summed E-state index contributed by atoms with van der Waals surface area (Å²) in [5.74, 6) is 0. The van der Waals surface area contributed by atoms with Crippen LogP contribution in [0.1, 0.15) is 24.0 Å². The number of nitrogens with zero attached hydrogens (tertiary/aromatic N) is 2. The number of anilines is 1. The van der Waals surface area contributed by atoms with Crippen molar-refractivity contribution in [2.45, 2.75) is 25.7 Å². The highest BCUT2D eigenvalue weighted by Crippen LogP contribution is 2.33. The lowest BCUT2D eigenvalue weighted by Crippen LogP contribution is -2.38. The Kier molecular flexibility index (Phi) is 4.28. The van der Waals surface area contributed by atoms with E-state index < -0.39 is 0 Å². The molecule has 1 fully saturated rings. The van der Waals surface area contributed by atoms with E-state index in [1.807, 2.05) is 0 Å². The lowest BCUT2D eigenvalue weighted by atomic mass is 9.91. The summed E-state index contributed by atoms with van der Waals surface area (Å²) in [6.45, 7) is 5.87. The van der Waals surface area contributed by atoms with Crippen molar-refractivity contribution in [3.63, 3.8) is 0 Å². The van der Waals surface area contributed by atoms with Gasteiger partial charge in [-0.3, -0.25) is 4.90 Å². The molecule has 1 aromatic carbocycles. The minimum Gasteiger partial charge on any atom is -0.379 e. The number of nitrogens with one attached hydrogen (secondary N) is 1. The van der Waals surface area contributed by atoms with Crippen LogP contribution in [0, 0.1) is 0 Å². The maximum absolute atomic E-state index is 5.38. The van der Waals surface area contributed by atoms with Crippen LogP contribution in [0.15, 0.2) is 12.1 Å². The Morgan fingerprint density at radius 3 is 2.95 bits per heavy atom. The van der Waals surface area contributed by atoms with Gasteiger partial charge in [0.15, 0.2) is 5.13 Å². The quantitative estimate of drug-likeness (QED) is 0.941. The number of hydrogen-bond acceptors (Lipinski definition) is 5. The van der Waals surface area contributed by atoms with Crippen LogP contribution in [0.3, 0.4) is 0 Å². The van der Waals surface area contributed by atoms with Gasteiger partial charge in [-0.2, -0.15) is 0 Å². The molecule has 0 amide bonds. The first kappa shape index (κ1) is 14.4. The lowest BCUT2D eigenvalue weighted by molar-refractivity contribution is 0.0398. The summed E-state index contributed by atoms with van der Waals surface area (Å²) in [6.07, 6.45) is 5.06. The van der Waals surface area contributed by atoms with Crippen molar-refractivity contribution in [1.29, 1.82) is 0 Å². The highest BCUT2D eigenvalue weighted by atomic mass is 32.1. The molecule has 4 nitrogen and oxygen atoms in total. The van der Waals surface area contributed by atoms with Crippen molar-refractivity contribution in [2.24, 2.45) is 0 Å². The van der Waals surface area contributed by atoms with Crippen LogP contribution in [-0.2, 0) is 17.6 Å². The molecule has 0 radical (unpaired) electrons. The second-order valence-corrected chi connectivity index (χ2v) is 7.19. The molecule has 1 N–H and O–H groups in total. The molecule has 1 aromatic heterocycles. The highest BCUT2D eigenvalue weighted by Gasteiger charge is 2.16. The molecular formula is C17H23N3OS. The van der Waals surface area contributed by atoms with E-state index in [0.717, 1.165) is 44.5 Å². The van der Waals surface area contributed by atoms with Gasteiger partial charge in [0, 0.05) is 26.2 Å². The van der Waals surface area contributed by atoms with Gasteiger partial charge in [-0.25, -0.2) is 4.98 Å². The maximum atomic E-state index is 5.38. The molecule has 118 valence electrons. The Balaban J connectivity index is 1.43. The van der Waals surface area contributed by atoms with E-state index in [0.29, 0.717) is 0 Å². The zero-order valence-corrected chi connectivity index (χ0v) is 13.8. The molecule has 2 aliphatic rings. The molecule has 1 aliphatic carbocycles. The van der Waals surface area contributed by atoms with Gasteiger partial charge in [-0.05, 0) is 42.9 Å². The van der Waals surface area contributed by atoms with Crippen molar-refractivity contribution in [3.8, 4) is 0 Å². The summed E-state index contributed by atoms with van der Waals surface area (Å²) in [6, 6.07) is 4.57. The number of thiazole rings is 1. The molecule has 2 heterocycles. The average molecular weight is 317 g/mol. The topological polar surface area (TPSA) is 37.4 Å². The number of rotatable bonds is 4. The van der Waals surface area contributed by atoms with E-state index in [1.165, 1.54) is 47.0 Å². The fourth-order valence-corrected chi connectivity index (χ4v) is 4.36. The summed E-state index contributed by atoms with van der Waals surface area (Å²) < 4.78 is 6.71. The van der Waals surface area contributed by atoms with E-state index in [-0.39, 0.29) is 0 Å². The zero-order chi connectivity index (χ0) is 14.8. The summed E-state index contributed by atoms with van der Waals surface area (Å²) in [7, 11) is 0. The van der Waals surface area contributed by atoms with Gasteiger partial charge in [0.1, 0.15) is 0 Å². The summed E-state index contributed by atoms with van der Waals surface area (Å²) in [4.78, 5) is 7.32. The minimum absolute atomic E-state index is 0.868. The van der Waals surface area contributed by atoms with Crippen LogP contribution in [0.25, 0.3) is 10.2 Å². The molecule has 0 bridgehead atoms. The third-order valence-electron chi connectivity index (χ3n) is 4.69. The minimum atomic E-state index is 0.868. The number of ether oxygens (including phenoxy) is 1. The van der Waals surface area contributed by atoms with Gasteiger partial charge in [0.2, 0.25) is 0 Å². The van der Waals surface area contributed by atoms with Crippen LogP contribution >= 0.6 is 11.3 Å². The van der Waals surface area contributed by atoms with E-state index in [9.17, 15) is 0 Å². The van der Waals surface area contributed by atoms with Crippen molar-refractivity contribution in [1.82, 2.24) is 9.88 Å². The van der Waals surface area contributed by atoms with Crippen LogP contribution in [0.4, 0.5) is 5.13 Å².